The normalized spacial score (nSPS) is 12.9. The van der Waals surface area contributed by atoms with E-state index in [1.165, 1.54) is 10.5 Å². The van der Waals surface area contributed by atoms with E-state index in [4.69, 9.17) is 5.73 Å². The molecule has 2 N–H and O–H groups in total. The Kier molecular flexibility index (Phi) is 3.63. The summed E-state index contributed by atoms with van der Waals surface area (Å²) in [6, 6.07) is 8.67. The summed E-state index contributed by atoms with van der Waals surface area (Å²) in [5.41, 5.74) is 7.01. The Morgan fingerprint density at radius 3 is 2.67 bits per heavy atom. The SMILES string of the molecule is Cc1ccccc1SCC(C)N. The number of thioether (sulfide) groups is 1. The first-order valence-electron chi connectivity index (χ1n) is 4.14. The summed E-state index contributed by atoms with van der Waals surface area (Å²) in [5, 5.41) is 0. The molecule has 1 unspecified atom stereocenters. The average Bonchev–Trinajstić information content (AvgIpc) is 2.03. The van der Waals surface area contributed by atoms with E-state index in [9.17, 15) is 0 Å². The molecule has 0 radical (unpaired) electrons. The summed E-state index contributed by atoms with van der Waals surface area (Å²) < 4.78 is 0. The lowest BCUT2D eigenvalue weighted by molar-refractivity contribution is 0.847. The van der Waals surface area contributed by atoms with Crippen LogP contribution in [0.5, 0.6) is 0 Å². The summed E-state index contributed by atoms with van der Waals surface area (Å²) in [7, 11) is 0. The van der Waals surface area contributed by atoms with Crippen LogP contribution in [0.25, 0.3) is 0 Å². The molecule has 1 rings (SSSR count). The van der Waals surface area contributed by atoms with Crippen molar-refractivity contribution in [2.24, 2.45) is 5.73 Å². The van der Waals surface area contributed by atoms with Gasteiger partial charge in [-0.05, 0) is 25.5 Å². The van der Waals surface area contributed by atoms with Gasteiger partial charge in [0.05, 0.1) is 0 Å². The maximum Gasteiger partial charge on any atom is 0.0130 e. The van der Waals surface area contributed by atoms with Crippen LogP contribution in [0.1, 0.15) is 12.5 Å². The van der Waals surface area contributed by atoms with Gasteiger partial charge in [0.2, 0.25) is 0 Å². The molecule has 1 aromatic carbocycles. The van der Waals surface area contributed by atoms with Crippen molar-refractivity contribution in [1.29, 1.82) is 0 Å². The maximum absolute atomic E-state index is 5.67. The van der Waals surface area contributed by atoms with Gasteiger partial charge in [0.25, 0.3) is 0 Å². The standard InChI is InChI=1S/C10H15NS/c1-8-5-3-4-6-10(8)12-7-9(2)11/h3-6,9H,7,11H2,1-2H3. The Morgan fingerprint density at radius 2 is 2.08 bits per heavy atom. The predicted molar refractivity (Wildman–Crippen MR) is 55.6 cm³/mol. The number of rotatable bonds is 3. The molecule has 0 bridgehead atoms. The van der Waals surface area contributed by atoms with Crippen LogP contribution in [0.4, 0.5) is 0 Å². The Hall–Kier alpha value is -0.470. The molecule has 0 saturated carbocycles. The first-order chi connectivity index (χ1) is 5.70. The van der Waals surface area contributed by atoms with E-state index in [1.807, 2.05) is 18.7 Å². The lowest BCUT2D eigenvalue weighted by Gasteiger charge is -2.06. The van der Waals surface area contributed by atoms with Crippen LogP contribution in [0.2, 0.25) is 0 Å². The molecule has 12 heavy (non-hydrogen) atoms. The van der Waals surface area contributed by atoms with Gasteiger partial charge in [-0.25, -0.2) is 0 Å². The molecule has 0 spiro atoms. The number of benzene rings is 1. The Labute approximate surface area is 78.4 Å². The molecule has 2 heteroatoms. The largest absolute Gasteiger partial charge is 0.327 e. The average molecular weight is 181 g/mol. The fraction of sp³-hybridized carbons (Fsp3) is 0.400. The van der Waals surface area contributed by atoms with Crippen LogP contribution >= 0.6 is 11.8 Å². The van der Waals surface area contributed by atoms with Crippen LogP contribution in [0, 0.1) is 6.92 Å². The van der Waals surface area contributed by atoms with Crippen molar-refractivity contribution in [2.45, 2.75) is 24.8 Å². The lowest BCUT2D eigenvalue weighted by atomic mass is 10.2. The van der Waals surface area contributed by atoms with E-state index in [2.05, 4.69) is 31.2 Å². The van der Waals surface area contributed by atoms with Crippen molar-refractivity contribution in [3.05, 3.63) is 29.8 Å². The molecular weight excluding hydrogens is 166 g/mol. The fourth-order valence-corrected chi connectivity index (χ4v) is 1.85. The molecule has 0 aliphatic rings. The molecule has 0 amide bonds. The van der Waals surface area contributed by atoms with Crippen molar-refractivity contribution in [3.63, 3.8) is 0 Å². The Morgan fingerprint density at radius 1 is 1.42 bits per heavy atom. The van der Waals surface area contributed by atoms with E-state index in [-0.39, 0.29) is 6.04 Å². The highest BCUT2D eigenvalue weighted by atomic mass is 32.2. The van der Waals surface area contributed by atoms with Gasteiger partial charge in [-0.15, -0.1) is 11.8 Å². The summed E-state index contributed by atoms with van der Waals surface area (Å²) >= 11 is 1.83. The van der Waals surface area contributed by atoms with E-state index in [1.54, 1.807) is 0 Å². The van der Waals surface area contributed by atoms with E-state index >= 15 is 0 Å². The van der Waals surface area contributed by atoms with E-state index in [0.717, 1.165) is 5.75 Å². The van der Waals surface area contributed by atoms with E-state index < -0.39 is 0 Å². The zero-order valence-electron chi connectivity index (χ0n) is 7.58. The highest BCUT2D eigenvalue weighted by Gasteiger charge is 1.99. The zero-order valence-corrected chi connectivity index (χ0v) is 8.40. The number of aryl methyl sites for hydroxylation is 1. The second-order valence-electron chi connectivity index (χ2n) is 3.05. The molecule has 0 fully saturated rings. The van der Waals surface area contributed by atoms with Crippen molar-refractivity contribution < 1.29 is 0 Å². The molecule has 0 aliphatic carbocycles. The maximum atomic E-state index is 5.67. The van der Waals surface area contributed by atoms with Crippen molar-refractivity contribution in [3.8, 4) is 0 Å². The Bertz CT molecular complexity index is 245. The van der Waals surface area contributed by atoms with Gasteiger partial charge >= 0.3 is 0 Å². The van der Waals surface area contributed by atoms with Crippen molar-refractivity contribution >= 4 is 11.8 Å². The van der Waals surface area contributed by atoms with Crippen LogP contribution in [-0.2, 0) is 0 Å². The van der Waals surface area contributed by atoms with Gasteiger partial charge in [0, 0.05) is 16.7 Å². The van der Waals surface area contributed by atoms with Crippen LogP contribution in [0.3, 0.4) is 0 Å². The van der Waals surface area contributed by atoms with Crippen LogP contribution in [0.15, 0.2) is 29.2 Å². The Balaban J connectivity index is 2.57. The van der Waals surface area contributed by atoms with Crippen LogP contribution < -0.4 is 5.73 Å². The minimum absolute atomic E-state index is 0.273. The predicted octanol–water partition coefficient (Wildman–Crippen LogP) is 2.43. The van der Waals surface area contributed by atoms with Gasteiger partial charge < -0.3 is 5.73 Å². The molecule has 0 saturated heterocycles. The van der Waals surface area contributed by atoms with Crippen LogP contribution in [-0.4, -0.2) is 11.8 Å². The van der Waals surface area contributed by atoms with Gasteiger partial charge in [-0.2, -0.15) is 0 Å². The molecule has 1 nitrogen and oxygen atoms in total. The monoisotopic (exact) mass is 181 g/mol. The fourth-order valence-electron chi connectivity index (χ4n) is 0.940. The van der Waals surface area contributed by atoms with E-state index in [0.29, 0.717) is 0 Å². The zero-order chi connectivity index (χ0) is 8.97. The minimum Gasteiger partial charge on any atom is -0.327 e. The molecular formula is C10H15NS. The number of nitrogens with two attached hydrogens (primary N) is 1. The van der Waals surface area contributed by atoms with Crippen molar-refractivity contribution in [2.75, 3.05) is 5.75 Å². The third-order valence-corrected chi connectivity index (χ3v) is 3.06. The third-order valence-electron chi connectivity index (χ3n) is 1.60. The highest BCUT2D eigenvalue weighted by Crippen LogP contribution is 2.21. The molecule has 0 aromatic heterocycles. The summed E-state index contributed by atoms with van der Waals surface area (Å²) in [6.07, 6.45) is 0. The van der Waals surface area contributed by atoms with Gasteiger partial charge in [0.1, 0.15) is 0 Å². The smallest absolute Gasteiger partial charge is 0.0130 e. The minimum atomic E-state index is 0.273. The third kappa shape index (κ3) is 2.88. The molecule has 1 atom stereocenters. The van der Waals surface area contributed by atoms with Gasteiger partial charge in [-0.1, -0.05) is 18.2 Å². The quantitative estimate of drug-likeness (QED) is 0.725. The molecule has 1 aromatic rings. The summed E-state index contributed by atoms with van der Waals surface area (Å²) in [6.45, 7) is 4.16. The molecule has 66 valence electrons. The second kappa shape index (κ2) is 4.53. The first kappa shape index (κ1) is 9.62. The molecule has 0 heterocycles. The van der Waals surface area contributed by atoms with Gasteiger partial charge in [0.15, 0.2) is 0 Å². The number of hydrogen-bond donors (Lipinski definition) is 1. The summed E-state index contributed by atoms with van der Waals surface area (Å²) in [4.78, 5) is 1.34. The highest BCUT2D eigenvalue weighted by molar-refractivity contribution is 7.99. The lowest BCUT2D eigenvalue weighted by Crippen LogP contribution is -2.17. The summed E-state index contributed by atoms with van der Waals surface area (Å²) in [5.74, 6) is 0.991. The molecule has 0 aliphatic heterocycles. The number of hydrogen-bond acceptors (Lipinski definition) is 2. The van der Waals surface area contributed by atoms with Gasteiger partial charge in [-0.3, -0.25) is 0 Å². The van der Waals surface area contributed by atoms with Crippen molar-refractivity contribution in [1.82, 2.24) is 0 Å². The first-order valence-corrected chi connectivity index (χ1v) is 5.12. The second-order valence-corrected chi connectivity index (χ2v) is 4.12. The topological polar surface area (TPSA) is 26.0 Å².